The smallest absolute Gasteiger partial charge is 0.230 e. The van der Waals surface area contributed by atoms with Gasteiger partial charge < -0.3 is 10.0 Å². The van der Waals surface area contributed by atoms with Crippen molar-refractivity contribution in [3.8, 4) is 5.88 Å². The predicted octanol–water partition coefficient (Wildman–Crippen LogP) is 2.60. The highest BCUT2D eigenvalue weighted by Crippen LogP contribution is 2.22. The maximum Gasteiger partial charge on any atom is 0.230 e. The zero-order valence-electron chi connectivity index (χ0n) is 11.1. The monoisotopic (exact) mass is 260 g/mol. The average Bonchev–Trinajstić information content (AvgIpc) is 2.83. The van der Waals surface area contributed by atoms with Crippen LogP contribution in [0.1, 0.15) is 38.5 Å². The second-order valence-corrected chi connectivity index (χ2v) is 5.19. The third-order valence-electron chi connectivity index (χ3n) is 3.75. The molecule has 1 aliphatic heterocycles. The lowest BCUT2D eigenvalue weighted by Crippen LogP contribution is -2.26. The summed E-state index contributed by atoms with van der Waals surface area (Å²) in [6, 6.07) is 0. The summed E-state index contributed by atoms with van der Waals surface area (Å²) in [4.78, 5) is 11.0. The third-order valence-corrected chi connectivity index (χ3v) is 3.75. The lowest BCUT2D eigenvalue weighted by molar-refractivity contribution is 0.457. The zero-order valence-corrected chi connectivity index (χ0v) is 11.1. The molecule has 1 saturated heterocycles. The molecule has 0 radical (unpaired) electrons. The molecule has 0 amide bonds. The largest absolute Gasteiger partial charge is 0.492 e. The number of nitrogens with zero attached hydrogens (tertiary/aromatic N) is 4. The van der Waals surface area contributed by atoms with Gasteiger partial charge in [-0.25, -0.2) is 4.98 Å². The maximum atomic E-state index is 9.55. The summed E-state index contributed by atoms with van der Waals surface area (Å²) >= 11 is 0. The van der Waals surface area contributed by atoms with E-state index in [1.807, 2.05) is 10.6 Å². The second-order valence-electron chi connectivity index (χ2n) is 5.19. The molecule has 3 rings (SSSR count). The number of hydrogen-bond acceptors (Lipinski definition) is 4. The van der Waals surface area contributed by atoms with Crippen LogP contribution in [-0.4, -0.2) is 32.6 Å². The molecule has 0 bridgehead atoms. The molecule has 5 nitrogen and oxygen atoms in total. The molecule has 0 unspecified atom stereocenters. The Bertz CT molecular complexity index is 541. The van der Waals surface area contributed by atoms with E-state index in [4.69, 9.17) is 0 Å². The van der Waals surface area contributed by atoms with Crippen molar-refractivity contribution in [2.75, 3.05) is 18.0 Å². The molecule has 0 saturated carbocycles. The molecule has 2 aromatic rings. The first-order chi connectivity index (χ1) is 9.34. The lowest BCUT2D eigenvalue weighted by Gasteiger charge is -2.23. The van der Waals surface area contributed by atoms with Crippen LogP contribution in [0.4, 0.5) is 5.82 Å². The Morgan fingerprint density at radius 3 is 2.42 bits per heavy atom. The van der Waals surface area contributed by atoms with E-state index < -0.39 is 0 Å². The summed E-state index contributed by atoms with van der Waals surface area (Å²) < 4.78 is 1.84. The fraction of sp³-hybridized carbons (Fsp3) is 0.571. The van der Waals surface area contributed by atoms with Crippen LogP contribution in [0.5, 0.6) is 5.88 Å². The number of imidazole rings is 1. The van der Waals surface area contributed by atoms with Crippen molar-refractivity contribution >= 4 is 11.5 Å². The normalized spacial score (nSPS) is 18.0. The molecule has 1 N–H and O–H groups in total. The molecule has 0 aliphatic carbocycles. The van der Waals surface area contributed by atoms with E-state index in [0.29, 0.717) is 0 Å². The van der Waals surface area contributed by atoms with Crippen LogP contribution in [0.3, 0.4) is 0 Å². The first kappa shape index (κ1) is 12.3. The van der Waals surface area contributed by atoms with Gasteiger partial charge in [-0.05, 0) is 12.8 Å². The molecule has 5 heteroatoms. The highest BCUT2D eigenvalue weighted by molar-refractivity contribution is 5.65. The van der Waals surface area contributed by atoms with Gasteiger partial charge in [0.15, 0.2) is 11.5 Å². The SMILES string of the molecule is Oc1cn2ccnc(N3CCCCCCCC3)c2n1. The Labute approximate surface area is 112 Å². The topological polar surface area (TPSA) is 53.7 Å². The predicted molar refractivity (Wildman–Crippen MR) is 74.6 cm³/mol. The fourth-order valence-corrected chi connectivity index (χ4v) is 2.75. The molecule has 102 valence electrons. The molecule has 1 fully saturated rings. The molecule has 19 heavy (non-hydrogen) atoms. The highest BCUT2D eigenvalue weighted by atomic mass is 16.3. The van der Waals surface area contributed by atoms with E-state index in [0.717, 1.165) is 24.6 Å². The fourth-order valence-electron chi connectivity index (χ4n) is 2.75. The first-order valence-corrected chi connectivity index (χ1v) is 7.12. The van der Waals surface area contributed by atoms with Crippen LogP contribution >= 0.6 is 0 Å². The van der Waals surface area contributed by atoms with Crippen molar-refractivity contribution in [3.63, 3.8) is 0 Å². The van der Waals surface area contributed by atoms with Crippen molar-refractivity contribution in [1.82, 2.24) is 14.4 Å². The van der Waals surface area contributed by atoms with Gasteiger partial charge in [-0.15, -0.1) is 0 Å². The van der Waals surface area contributed by atoms with Crippen molar-refractivity contribution < 1.29 is 5.11 Å². The van der Waals surface area contributed by atoms with Gasteiger partial charge >= 0.3 is 0 Å². The van der Waals surface area contributed by atoms with Crippen LogP contribution < -0.4 is 4.90 Å². The minimum atomic E-state index is 0.0542. The van der Waals surface area contributed by atoms with E-state index in [9.17, 15) is 5.11 Å². The van der Waals surface area contributed by atoms with Crippen LogP contribution in [0.2, 0.25) is 0 Å². The summed E-state index contributed by atoms with van der Waals surface area (Å²) in [5.74, 6) is 0.947. The van der Waals surface area contributed by atoms with Gasteiger partial charge in [-0.2, -0.15) is 4.98 Å². The summed E-state index contributed by atoms with van der Waals surface area (Å²) in [5, 5.41) is 9.55. The Morgan fingerprint density at radius 2 is 1.68 bits per heavy atom. The summed E-state index contributed by atoms with van der Waals surface area (Å²) in [6.07, 6.45) is 12.9. The first-order valence-electron chi connectivity index (χ1n) is 7.12. The number of fused-ring (bicyclic) bond motifs is 1. The molecular formula is C14H20N4O. The van der Waals surface area contributed by atoms with Gasteiger partial charge in [-0.1, -0.05) is 25.7 Å². The van der Waals surface area contributed by atoms with Crippen molar-refractivity contribution in [2.45, 2.75) is 38.5 Å². The zero-order chi connectivity index (χ0) is 13.1. The Kier molecular flexibility index (Phi) is 3.53. The molecule has 2 aromatic heterocycles. The number of hydrogen-bond donors (Lipinski definition) is 1. The van der Waals surface area contributed by atoms with E-state index in [1.165, 1.54) is 38.5 Å². The maximum absolute atomic E-state index is 9.55. The Morgan fingerprint density at radius 1 is 1.00 bits per heavy atom. The van der Waals surface area contributed by atoms with Crippen molar-refractivity contribution in [1.29, 1.82) is 0 Å². The number of rotatable bonds is 1. The van der Waals surface area contributed by atoms with Crippen LogP contribution in [-0.2, 0) is 0 Å². The van der Waals surface area contributed by atoms with Crippen molar-refractivity contribution in [3.05, 3.63) is 18.6 Å². The van der Waals surface area contributed by atoms with Gasteiger partial charge in [0, 0.05) is 25.5 Å². The van der Waals surface area contributed by atoms with E-state index in [1.54, 1.807) is 12.4 Å². The van der Waals surface area contributed by atoms with Gasteiger partial charge in [0.05, 0.1) is 6.20 Å². The number of aromatic hydroxyl groups is 1. The molecule has 0 atom stereocenters. The quantitative estimate of drug-likeness (QED) is 0.856. The molecule has 3 heterocycles. The molecule has 1 aliphatic rings. The van der Waals surface area contributed by atoms with Gasteiger partial charge in [0.1, 0.15) is 0 Å². The Hall–Kier alpha value is -1.78. The van der Waals surface area contributed by atoms with Crippen LogP contribution in [0.15, 0.2) is 18.6 Å². The second kappa shape index (κ2) is 5.47. The number of anilines is 1. The summed E-state index contributed by atoms with van der Waals surface area (Å²) in [5.41, 5.74) is 0.749. The van der Waals surface area contributed by atoms with Crippen LogP contribution in [0.25, 0.3) is 5.65 Å². The van der Waals surface area contributed by atoms with Gasteiger partial charge in [-0.3, -0.25) is 4.40 Å². The van der Waals surface area contributed by atoms with Gasteiger partial charge in [0.25, 0.3) is 0 Å². The summed E-state index contributed by atoms with van der Waals surface area (Å²) in [7, 11) is 0. The lowest BCUT2D eigenvalue weighted by atomic mass is 10.1. The standard InChI is InChI=1S/C14H20N4O/c19-12-11-18-10-7-15-13(14(18)16-12)17-8-5-3-1-2-4-6-9-17/h7,10-11,19H,1-6,8-9H2. The molecular weight excluding hydrogens is 240 g/mol. The van der Waals surface area contributed by atoms with E-state index in [-0.39, 0.29) is 5.88 Å². The van der Waals surface area contributed by atoms with E-state index in [2.05, 4.69) is 14.9 Å². The average molecular weight is 260 g/mol. The van der Waals surface area contributed by atoms with Crippen LogP contribution in [0, 0.1) is 0 Å². The number of aromatic nitrogens is 3. The Balaban J connectivity index is 1.92. The van der Waals surface area contributed by atoms with E-state index >= 15 is 0 Å². The highest BCUT2D eigenvalue weighted by Gasteiger charge is 2.15. The minimum absolute atomic E-state index is 0.0542. The third kappa shape index (κ3) is 2.64. The van der Waals surface area contributed by atoms with Gasteiger partial charge in [0.2, 0.25) is 5.88 Å². The van der Waals surface area contributed by atoms with Crippen molar-refractivity contribution in [2.24, 2.45) is 0 Å². The molecule has 0 spiro atoms. The summed E-state index contributed by atoms with van der Waals surface area (Å²) in [6.45, 7) is 2.06. The molecule has 0 aromatic carbocycles. The minimum Gasteiger partial charge on any atom is -0.492 e.